The molecule has 1 unspecified atom stereocenters. The normalized spacial score (nSPS) is 44.1. The second-order valence-electron chi connectivity index (χ2n) is 3.54. The van der Waals surface area contributed by atoms with E-state index >= 15 is 0 Å². The topological polar surface area (TPSA) is 139 Å². The van der Waals surface area contributed by atoms with Crippen molar-refractivity contribution in [1.29, 1.82) is 0 Å². The van der Waals surface area contributed by atoms with Gasteiger partial charge in [0.25, 0.3) is 11.7 Å². The first-order chi connectivity index (χ1) is 7.38. The van der Waals surface area contributed by atoms with E-state index < -0.39 is 42.7 Å². The molecule has 1 fully saturated rings. The van der Waals surface area contributed by atoms with Crippen LogP contribution in [0.3, 0.4) is 0 Å². The van der Waals surface area contributed by atoms with E-state index in [0.717, 1.165) is 0 Å². The fourth-order valence-corrected chi connectivity index (χ4v) is 1.52. The van der Waals surface area contributed by atoms with E-state index in [-0.39, 0.29) is 0 Å². The Morgan fingerprint density at radius 1 is 1.38 bits per heavy atom. The first kappa shape index (κ1) is 13.3. The molecule has 16 heavy (non-hydrogen) atoms. The highest BCUT2D eigenvalue weighted by atomic mass is 16.7. The van der Waals surface area contributed by atoms with Gasteiger partial charge < -0.3 is 35.6 Å². The van der Waals surface area contributed by atoms with Crippen LogP contribution in [0.5, 0.6) is 0 Å². The third-order valence-corrected chi connectivity index (χ3v) is 2.52. The summed E-state index contributed by atoms with van der Waals surface area (Å²) in [5, 5.41) is 48.8. The van der Waals surface area contributed by atoms with Gasteiger partial charge in [0.15, 0.2) is 0 Å². The Hall–Kier alpha value is -0.770. The van der Waals surface area contributed by atoms with Crippen molar-refractivity contribution in [2.75, 3.05) is 13.7 Å². The van der Waals surface area contributed by atoms with Crippen molar-refractivity contribution >= 4 is 5.91 Å². The number of aliphatic hydroxyl groups excluding tert-OH is 4. The summed E-state index contributed by atoms with van der Waals surface area (Å²) in [5.41, 5.74) is 0. The number of rotatable bonds is 2. The Balaban J connectivity index is 2.98. The predicted molar refractivity (Wildman–Crippen MR) is 49.0 cm³/mol. The summed E-state index contributed by atoms with van der Waals surface area (Å²) in [7, 11) is 1.20. The van der Waals surface area contributed by atoms with E-state index in [1.54, 1.807) is 0 Å². The molecule has 8 nitrogen and oxygen atoms in total. The molecule has 0 aromatic rings. The number of carbonyl (C=O) groups is 1. The van der Waals surface area contributed by atoms with Crippen LogP contribution in [0.2, 0.25) is 0 Å². The molecule has 8 heteroatoms. The van der Waals surface area contributed by atoms with Gasteiger partial charge in [-0.15, -0.1) is 0 Å². The first-order valence-electron chi connectivity index (χ1n) is 4.66. The van der Waals surface area contributed by atoms with E-state index in [0.29, 0.717) is 0 Å². The number of carbonyl (C=O) groups excluding carboxylic acids is 1. The lowest BCUT2D eigenvalue weighted by Gasteiger charge is -2.43. The second kappa shape index (κ2) is 4.62. The van der Waals surface area contributed by atoms with Crippen molar-refractivity contribution in [2.45, 2.75) is 30.2 Å². The van der Waals surface area contributed by atoms with Crippen LogP contribution in [0.4, 0.5) is 0 Å². The molecule has 0 bridgehead atoms. The number of amides is 1. The molecule has 1 rings (SSSR count). The summed E-state index contributed by atoms with van der Waals surface area (Å²) in [6.45, 7) is -0.718. The summed E-state index contributed by atoms with van der Waals surface area (Å²) < 4.78 is 4.70. The molecule has 1 heterocycles. The lowest BCUT2D eigenvalue weighted by Crippen LogP contribution is -2.69. The molecular formula is C8H15NO7. The molecule has 1 amide bonds. The first-order valence-corrected chi connectivity index (χ1v) is 4.66. The molecule has 1 saturated heterocycles. The Bertz CT molecular complexity index is 271. The second-order valence-corrected chi connectivity index (χ2v) is 3.54. The van der Waals surface area contributed by atoms with Crippen molar-refractivity contribution in [3.05, 3.63) is 0 Å². The van der Waals surface area contributed by atoms with Crippen LogP contribution in [-0.2, 0) is 9.53 Å². The highest BCUT2D eigenvalue weighted by molar-refractivity contribution is 5.84. The monoisotopic (exact) mass is 237 g/mol. The quantitative estimate of drug-likeness (QED) is 0.287. The molecule has 1 aliphatic rings. The number of aliphatic hydroxyl groups is 5. The van der Waals surface area contributed by atoms with Gasteiger partial charge >= 0.3 is 0 Å². The Kier molecular flexibility index (Phi) is 3.84. The zero-order valence-electron chi connectivity index (χ0n) is 8.57. The van der Waals surface area contributed by atoms with Gasteiger partial charge in [-0.05, 0) is 0 Å². The van der Waals surface area contributed by atoms with Crippen LogP contribution >= 0.6 is 0 Å². The highest BCUT2D eigenvalue weighted by Gasteiger charge is 2.56. The maximum Gasteiger partial charge on any atom is 0.282 e. The van der Waals surface area contributed by atoms with Crippen molar-refractivity contribution in [2.24, 2.45) is 0 Å². The SMILES string of the molecule is CNC(=O)C1(O)O[C@H](CO)[C@@H](O)[C@H](O)[C@H]1O. The largest absolute Gasteiger partial charge is 0.394 e. The highest BCUT2D eigenvalue weighted by Crippen LogP contribution is 2.28. The number of nitrogens with one attached hydrogen (secondary N) is 1. The molecule has 0 aliphatic carbocycles. The standard InChI is InChI=1S/C8H15NO7/c1-9-7(14)8(15)6(13)5(12)4(11)3(2-10)16-8/h3-6,10-13,15H,2H2,1H3,(H,9,14)/t3-,4-,5+,6-,8?/m1/s1. The van der Waals surface area contributed by atoms with Crippen LogP contribution in [0.1, 0.15) is 0 Å². The molecule has 0 spiro atoms. The minimum absolute atomic E-state index is 0.718. The Morgan fingerprint density at radius 2 is 1.94 bits per heavy atom. The molecule has 0 aromatic heterocycles. The van der Waals surface area contributed by atoms with E-state index in [9.17, 15) is 25.2 Å². The smallest absolute Gasteiger partial charge is 0.282 e. The Labute approximate surface area is 91.1 Å². The molecular weight excluding hydrogens is 222 g/mol. The van der Waals surface area contributed by atoms with Gasteiger partial charge in [0.1, 0.15) is 24.4 Å². The van der Waals surface area contributed by atoms with E-state index in [1.807, 2.05) is 5.32 Å². The number of hydrogen-bond acceptors (Lipinski definition) is 7. The van der Waals surface area contributed by atoms with Gasteiger partial charge in [0.2, 0.25) is 0 Å². The van der Waals surface area contributed by atoms with Crippen LogP contribution in [0, 0.1) is 0 Å². The van der Waals surface area contributed by atoms with Crippen molar-refractivity contribution in [3.63, 3.8) is 0 Å². The average Bonchev–Trinajstić information content (AvgIpc) is 2.30. The zero-order chi connectivity index (χ0) is 12.5. The van der Waals surface area contributed by atoms with Crippen LogP contribution in [0.15, 0.2) is 0 Å². The zero-order valence-corrected chi connectivity index (χ0v) is 8.57. The van der Waals surface area contributed by atoms with Gasteiger partial charge in [-0.25, -0.2) is 0 Å². The summed E-state index contributed by atoms with van der Waals surface area (Å²) in [4.78, 5) is 11.3. The summed E-state index contributed by atoms with van der Waals surface area (Å²) in [6.07, 6.45) is -6.76. The van der Waals surface area contributed by atoms with Gasteiger partial charge in [-0.3, -0.25) is 4.79 Å². The van der Waals surface area contributed by atoms with Crippen LogP contribution < -0.4 is 5.32 Å². The lowest BCUT2D eigenvalue weighted by atomic mass is 9.92. The molecule has 6 N–H and O–H groups in total. The van der Waals surface area contributed by atoms with Crippen molar-refractivity contribution in [3.8, 4) is 0 Å². The summed E-state index contributed by atoms with van der Waals surface area (Å²) in [5.74, 6) is -3.77. The third kappa shape index (κ3) is 1.90. The van der Waals surface area contributed by atoms with Crippen molar-refractivity contribution in [1.82, 2.24) is 5.32 Å². The maximum atomic E-state index is 11.3. The molecule has 1 aliphatic heterocycles. The number of ether oxygens (including phenoxy) is 1. The third-order valence-electron chi connectivity index (χ3n) is 2.52. The van der Waals surface area contributed by atoms with E-state index in [4.69, 9.17) is 9.84 Å². The molecule has 0 saturated carbocycles. The van der Waals surface area contributed by atoms with Crippen LogP contribution in [0.25, 0.3) is 0 Å². The fourth-order valence-electron chi connectivity index (χ4n) is 1.52. The summed E-state index contributed by atoms with van der Waals surface area (Å²) in [6, 6.07) is 0. The van der Waals surface area contributed by atoms with Gasteiger partial charge in [-0.1, -0.05) is 0 Å². The van der Waals surface area contributed by atoms with Gasteiger partial charge in [-0.2, -0.15) is 0 Å². The van der Waals surface area contributed by atoms with Crippen LogP contribution in [-0.4, -0.2) is 75.3 Å². The number of hydrogen-bond donors (Lipinski definition) is 6. The fraction of sp³-hybridized carbons (Fsp3) is 0.875. The summed E-state index contributed by atoms with van der Waals surface area (Å²) >= 11 is 0. The molecule has 5 atom stereocenters. The number of likely N-dealkylation sites (N-methyl/N-ethyl adjacent to an activating group) is 1. The Morgan fingerprint density at radius 3 is 2.38 bits per heavy atom. The molecule has 0 aromatic carbocycles. The minimum Gasteiger partial charge on any atom is -0.394 e. The average molecular weight is 237 g/mol. The molecule has 0 radical (unpaired) electrons. The predicted octanol–water partition coefficient (Wildman–Crippen LogP) is -4.11. The van der Waals surface area contributed by atoms with E-state index in [1.165, 1.54) is 7.05 Å². The lowest BCUT2D eigenvalue weighted by molar-refractivity contribution is -0.331. The maximum absolute atomic E-state index is 11.3. The van der Waals surface area contributed by atoms with Gasteiger partial charge in [0.05, 0.1) is 6.61 Å². The van der Waals surface area contributed by atoms with E-state index in [2.05, 4.69) is 0 Å². The molecule has 94 valence electrons. The minimum atomic E-state index is -2.69. The van der Waals surface area contributed by atoms with Crippen molar-refractivity contribution < 1.29 is 35.1 Å². The van der Waals surface area contributed by atoms with Gasteiger partial charge in [0, 0.05) is 7.05 Å².